The molecule has 3 rings (SSSR count). The fraction of sp³-hybridized carbons (Fsp3) is 0.111. The first-order valence-electron chi connectivity index (χ1n) is 7.06. The Bertz CT molecular complexity index is 747. The van der Waals surface area contributed by atoms with E-state index in [1.54, 1.807) is 17.5 Å². The molecule has 3 aromatic rings. The molecule has 0 bridgehead atoms. The van der Waals surface area contributed by atoms with Crippen molar-refractivity contribution in [2.24, 2.45) is 0 Å². The lowest BCUT2D eigenvalue weighted by molar-refractivity contribution is 0.0951. The van der Waals surface area contributed by atoms with Crippen molar-refractivity contribution in [3.63, 3.8) is 0 Å². The molecule has 1 N–H and O–H groups in total. The second kappa shape index (κ2) is 6.54. The van der Waals surface area contributed by atoms with Crippen molar-refractivity contribution < 1.29 is 4.79 Å². The summed E-state index contributed by atoms with van der Waals surface area (Å²) in [5, 5.41) is 5.91. The smallest absolute Gasteiger partial charge is 0.251 e. The quantitative estimate of drug-likeness (QED) is 0.790. The van der Waals surface area contributed by atoms with Gasteiger partial charge in [0, 0.05) is 29.2 Å². The van der Waals surface area contributed by atoms with Crippen molar-refractivity contribution in [3.05, 3.63) is 76.8 Å². The zero-order chi connectivity index (χ0) is 15.4. The summed E-state index contributed by atoms with van der Waals surface area (Å²) in [5.41, 5.74) is 4.00. The third-order valence-corrected chi connectivity index (χ3v) is 4.22. The van der Waals surface area contributed by atoms with Crippen LogP contribution in [-0.2, 0) is 6.54 Å². The van der Waals surface area contributed by atoms with Gasteiger partial charge in [-0.2, -0.15) is 0 Å². The van der Waals surface area contributed by atoms with E-state index in [1.807, 2.05) is 60.8 Å². The first-order valence-corrected chi connectivity index (χ1v) is 7.94. The summed E-state index contributed by atoms with van der Waals surface area (Å²) in [6.45, 7) is 2.52. The highest BCUT2D eigenvalue weighted by Crippen LogP contribution is 2.21. The van der Waals surface area contributed by atoms with Crippen LogP contribution in [0.4, 0.5) is 0 Å². The van der Waals surface area contributed by atoms with Crippen LogP contribution in [-0.4, -0.2) is 10.9 Å². The number of carbonyl (C=O) groups excluding carboxylic acids is 1. The molecule has 0 saturated carbocycles. The second-order valence-electron chi connectivity index (χ2n) is 5.08. The predicted octanol–water partition coefficient (Wildman–Crippen LogP) is 4.05. The number of rotatable bonds is 4. The Morgan fingerprint density at radius 2 is 1.82 bits per heavy atom. The fourth-order valence-corrected chi connectivity index (χ4v) is 2.77. The molecule has 3 nitrogen and oxygen atoms in total. The van der Waals surface area contributed by atoms with Crippen LogP contribution in [0.1, 0.15) is 21.5 Å². The van der Waals surface area contributed by atoms with Gasteiger partial charge in [0.2, 0.25) is 0 Å². The Morgan fingerprint density at radius 3 is 2.45 bits per heavy atom. The van der Waals surface area contributed by atoms with Gasteiger partial charge in [-0.25, -0.2) is 4.98 Å². The van der Waals surface area contributed by atoms with Crippen LogP contribution >= 0.6 is 11.3 Å². The van der Waals surface area contributed by atoms with Crippen molar-refractivity contribution in [2.45, 2.75) is 13.5 Å². The van der Waals surface area contributed by atoms with Crippen LogP contribution in [0, 0.1) is 6.92 Å². The average Bonchev–Trinajstić information content (AvgIpc) is 3.08. The van der Waals surface area contributed by atoms with Gasteiger partial charge in [-0.15, -0.1) is 11.3 Å². The zero-order valence-corrected chi connectivity index (χ0v) is 13.1. The lowest BCUT2D eigenvalue weighted by atomic mass is 10.1. The molecule has 0 fully saturated rings. The first kappa shape index (κ1) is 14.5. The highest BCUT2D eigenvalue weighted by Gasteiger charge is 2.05. The molecule has 0 unspecified atom stereocenters. The van der Waals surface area contributed by atoms with E-state index in [9.17, 15) is 4.79 Å². The van der Waals surface area contributed by atoms with Gasteiger partial charge in [0.1, 0.15) is 5.01 Å². The van der Waals surface area contributed by atoms with Gasteiger partial charge in [0.05, 0.1) is 0 Å². The Labute approximate surface area is 133 Å². The summed E-state index contributed by atoms with van der Waals surface area (Å²) in [6.07, 6.45) is 1.80. The van der Waals surface area contributed by atoms with E-state index >= 15 is 0 Å². The SMILES string of the molecule is Cc1ccc(C(=O)NCc2ccc(-c3nccs3)cc2)cc1. The average molecular weight is 308 g/mol. The molecule has 0 spiro atoms. The molecular weight excluding hydrogens is 292 g/mol. The Kier molecular flexibility index (Phi) is 4.30. The number of hydrogen-bond donors (Lipinski definition) is 1. The number of amides is 1. The molecule has 0 radical (unpaired) electrons. The Morgan fingerprint density at radius 1 is 1.09 bits per heavy atom. The van der Waals surface area contributed by atoms with Crippen LogP contribution in [0.2, 0.25) is 0 Å². The minimum absolute atomic E-state index is 0.0519. The van der Waals surface area contributed by atoms with Gasteiger partial charge >= 0.3 is 0 Å². The highest BCUT2D eigenvalue weighted by atomic mass is 32.1. The van der Waals surface area contributed by atoms with E-state index in [0.717, 1.165) is 21.7 Å². The molecule has 2 aromatic carbocycles. The van der Waals surface area contributed by atoms with Gasteiger partial charge in [-0.3, -0.25) is 4.79 Å². The molecule has 1 amide bonds. The van der Waals surface area contributed by atoms with Crippen molar-refractivity contribution in [2.75, 3.05) is 0 Å². The molecule has 0 aliphatic carbocycles. The van der Waals surface area contributed by atoms with Gasteiger partial charge in [-0.1, -0.05) is 42.0 Å². The third kappa shape index (κ3) is 3.40. The number of carbonyl (C=O) groups is 1. The van der Waals surface area contributed by atoms with Gasteiger partial charge < -0.3 is 5.32 Å². The molecular formula is C18H16N2OS. The van der Waals surface area contributed by atoms with Crippen LogP contribution in [0.25, 0.3) is 10.6 Å². The summed E-state index contributed by atoms with van der Waals surface area (Å²) < 4.78 is 0. The number of thiazole rings is 1. The van der Waals surface area contributed by atoms with Crippen molar-refractivity contribution in [1.82, 2.24) is 10.3 Å². The number of hydrogen-bond acceptors (Lipinski definition) is 3. The summed E-state index contributed by atoms with van der Waals surface area (Å²) in [7, 11) is 0. The standard InChI is InChI=1S/C18H16N2OS/c1-13-2-6-15(7-3-13)17(21)20-12-14-4-8-16(9-5-14)18-19-10-11-22-18/h2-11H,12H2,1H3,(H,20,21). The number of nitrogens with one attached hydrogen (secondary N) is 1. The predicted molar refractivity (Wildman–Crippen MR) is 89.9 cm³/mol. The normalized spacial score (nSPS) is 10.4. The molecule has 110 valence electrons. The minimum Gasteiger partial charge on any atom is -0.348 e. The minimum atomic E-state index is -0.0519. The molecule has 0 saturated heterocycles. The van der Waals surface area contributed by atoms with Gasteiger partial charge in [-0.05, 0) is 24.6 Å². The van der Waals surface area contributed by atoms with Gasteiger partial charge in [0.25, 0.3) is 5.91 Å². The van der Waals surface area contributed by atoms with E-state index in [0.29, 0.717) is 12.1 Å². The molecule has 1 aromatic heterocycles. The van der Waals surface area contributed by atoms with Gasteiger partial charge in [0.15, 0.2) is 0 Å². The number of benzene rings is 2. The Balaban J connectivity index is 1.61. The van der Waals surface area contributed by atoms with E-state index < -0.39 is 0 Å². The van der Waals surface area contributed by atoms with Crippen molar-refractivity contribution in [3.8, 4) is 10.6 Å². The van der Waals surface area contributed by atoms with Crippen LogP contribution in [0.3, 0.4) is 0 Å². The molecule has 22 heavy (non-hydrogen) atoms. The fourth-order valence-electron chi connectivity index (χ4n) is 2.12. The molecule has 4 heteroatoms. The highest BCUT2D eigenvalue weighted by molar-refractivity contribution is 7.13. The molecule has 1 heterocycles. The van der Waals surface area contributed by atoms with E-state index in [2.05, 4.69) is 10.3 Å². The maximum atomic E-state index is 12.1. The first-order chi connectivity index (χ1) is 10.7. The van der Waals surface area contributed by atoms with Crippen molar-refractivity contribution in [1.29, 1.82) is 0 Å². The number of nitrogens with zero attached hydrogens (tertiary/aromatic N) is 1. The second-order valence-corrected chi connectivity index (χ2v) is 5.98. The summed E-state index contributed by atoms with van der Waals surface area (Å²) in [4.78, 5) is 16.3. The maximum Gasteiger partial charge on any atom is 0.251 e. The van der Waals surface area contributed by atoms with E-state index in [4.69, 9.17) is 0 Å². The third-order valence-electron chi connectivity index (χ3n) is 3.40. The van der Waals surface area contributed by atoms with Crippen LogP contribution in [0.15, 0.2) is 60.1 Å². The summed E-state index contributed by atoms with van der Waals surface area (Å²) >= 11 is 1.62. The van der Waals surface area contributed by atoms with E-state index in [-0.39, 0.29) is 5.91 Å². The maximum absolute atomic E-state index is 12.1. The van der Waals surface area contributed by atoms with Crippen LogP contribution < -0.4 is 5.32 Å². The zero-order valence-electron chi connectivity index (χ0n) is 12.2. The van der Waals surface area contributed by atoms with Crippen molar-refractivity contribution >= 4 is 17.2 Å². The monoisotopic (exact) mass is 308 g/mol. The number of aromatic nitrogens is 1. The summed E-state index contributed by atoms with van der Waals surface area (Å²) in [6, 6.07) is 15.7. The molecule has 0 aliphatic rings. The summed E-state index contributed by atoms with van der Waals surface area (Å²) in [5.74, 6) is -0.0519. The molecule has 0 atom stereocenters. The Hall–Kier alpha value is -2.46. The topological polar surface area (TPSA) is 42.0 Å². The lowest BCUT2D eigenvalue weighted by Gasteiger charge is -2.06. The van der Waals surface area contributed by atoms with E-state index in [1.165, 1.54) is 0 Å². The lowest BCUT2D eigenvalue weighted by Crippen LogP contribution is -2.22. The van der Waals surface area contributed by atoms with Crippen LogP contribution in [0.5, 0.6) is 0 Å². The largest absolute Gasteiger partial charge is 0.348 e. The molecule has 0 aliphatic heterocycles. The number of aryl methyl sites for hydroxylation is 1.